The minimum Gasteiger partial charge on any atom is -0.475 e. The number of carbonyl (C=O) groups is 2. The van der Waals surface area contributed by atoms with Crippen molar-refractivity contribution in [1.29, 1.82) is 0 Å². The molecular weight excluding hydrogens is 463 g/mol. The lowest BCUT2D eigenvalue weighted by Gasteiger charge is -2.30. The van der Waals surface area contributed by atoms with Crippen LogP contribution in [0.4, 0.5) is 13.2 Å². The Morgan fingerprint density at radius 2 is 1.68 bits per heavy atom. The molecule has 2 N–H and O–H groups in total. The van der Waals surface area contributed by atoms with Crippen LogP contribution in [0.3, 0.4) is 0 Å². The molecule has 0 aliphatic carbocycles. The summed E-state index contributed by atoms with van der Waals surface area (Å²) in [6, 6.07) is 6.54. The summed E-state index contributed by atoms with van der Waals surface area (Å²) in [5.41, 5.74) is 0.507. The quantitative estimate of drug-likeness (QED) is 0.636. The Kier molecular flexibility index (Phi) is 10.2. The zero-order valence-electron chi connectivity index (χ0n) is 17.0. The Morgan fingerprint density at radius 3 is 2.10 bits per heavy atom. The van der Waals surface area contributed by atoms with Crippen LogP contribution < -0.4 is 5.32 Å². The fraction of sp³-hybridized carbons (Fsp3) is 0.556. The van der Waals surface area contributed by atoms with E-state index in [1.54, 1.807) is 29.2 Å². The van der Waals surface area contributed by atoms with Crippen molar-refractivity contribution >= 4 is 33.5 Å². The van der Waals surface area contributed by atoms with E-state index in [-0.39, 0.29) is 24.2 Å². The molecule has 1 aliphatic rings. The summed E-state index contributed by atoms with van der Waals surface area (Å²) < 4.78 is 58.1. The fourth-order valence-electron chi connectivity index (χ4n) is 2.62. The van der Waals surface area contributed by atoms with Crippen molar-refractivity contribution in [3.05, 3.63) is 34.9 Å². The molecule has 1 heterocycles. The Labute approximate surface area is 184 Å². The zero-order chi connectivity index (χ0) is 23.8. The van der Waals surface area contributed by atoms with Crippen molar-refractivity contribution in [3.8, 4) is 0 Å². The fourth-order valence-corrected chi connectivity index (χ4v) is 4.17. The smallest absolute Gasteiger partial charge is 0.475 e. The maximum Gasteiger partial charge on any atom is 0.490 e. The van der Waals surface area contributed by atoms with E-state index in [2.05, 4.69) is 5.32 Å². The van der Waals surface area contributed by atoms with Crippen LogP contribution in [0.5, 0.6) is 0 Å². The van der Waals surface area contributed by atoms with Crippen molar-refractivity contribution in [1.82, 2.24) is 14.5 Å². The van der Waals surface area contributed by atoms with Gasteiger partial charge in [0.2, 0.25) is 10.0 Å². The van der Waals surface area contributed by atoms with E-state index >= 15 is 0 Å². The molecule has 176 valence electrons. The SMILES string of the molecule is CC(C)N(CCS(=O)(=O)N1CCNCC1)C(=O)c1ccc(Cl)cc1.O=C(O)C(F)(F)F. The van der Waals surface area contributed by atoms with Gasteiger partial charge in [0.1, 0.15) is 0 Å². The highest BCUT2D eigenvalue weighted by Gasteiger charge is 2.38. The lowest BCUT2D eigenvalue weighted by Crippen LogP contribution is -2.49. The average Bonchev–Trinajstić information content (AvgIpc) is 2.68. The first-order valence-corrected chi connectivity index (χ1v) is 11.3. The van der Waals surface area contributed by atoms with Crippen LogP contribution in [0.15, 0.2) is 24.3 Å². The number of carbonyl (C=O) groups excluding carboxylic acids is 1. The second-order valence-electron chi connectivity index (χ2n) is 6.87. The van der Waals surface area contributed by atoms with Gasteiger partial charge in [-0.2, -0.15) is 17.5 Å². The monoisotopic (exact) mass is 487 g/mol. The summed E-state index contributed by atoms with van der Waals surface area (Å²) in [7, 11) is -3.36. The standard InChI is InChI=1S/C16H24ClN3O3S.C2HF3O2/c1-13(2)20(16(21)14-3-5-15(17)6-4-14)11-12-24(22,23)19-9-7-18-8-10-19;3-2(4,5)1(6)7/h3-6,13,18H,7-12H2,1-2H3;(H,6,7). The van der Waals surface area contributed by atoms with E-state index in [0.717, 1.165) is 0 Å². The van der Waals surface area contributed by atoms with Crippen LogP contribution in [0.2, 0.25) is 5.02 Å². The first-order chi connectivity index (χ1) is 14.3. The summed E-state index contributed by atoms with van der Waals surface area (Å²) in [6.45, 7) is 6.22. The maximum atomic E-state index is 12.7. The number of alkyl halides is 3. The van der Waals surface area contributed by atoms with Crippen molar-refractivity contribution in [2.45, 2.75) is 26.1 Å². The number of carboxylic acid groups (broad SMARTS) is 1. The lowest BCUT2D eigenvalue weighted by molar-refractivity contribution is -0.192. The van der Waals surface area contributed by atoms with Gasteiger partial charge in [0.15, 0.2) is 0 Å². The third-order valence-corrected chi connectivity index (χ3v) is 6.38. The van der Waals surface area contributed by atoms with Gasteiger partial charge >= 0.3 is 12.1 Å². The highest BCUT2D eigenvalue weighted by Crippen LogP contribution is 2.14. The normalized spacial score (nSPS) is 15.2. The van der Waals surface area contributed by atoms with E-state index in [1.807, 2.05) is 13.8 Å². The molecule has 0 radical (unpaired) electrons. The summed E-state index contributed by atoms with van der Waals surface area (Å²) in [6.07, 6.45) is -5.08. The van der Waals surface area contributed by atoms with E-state index in [9.17, 15) is 26.4 Å². The molecule has 1 saturated heterocycles. The van der Waals surface area contributed by atoms with E-state index in [4.69, 9.17) is 21.5 Å². The number of piperazine rings is 1. The molecule has 0 unspecified atom stereocenters. The molecule has 0 saturated carbocycles. The van der Waals surface area contributed by atoms with E-state index in [0.29, 0.717) is 36.8 Å². The second-order valence-corrected chi connectivity index (χ2v) is 9.39. The average molecular weight is 488 g/mol. The first kappa shape index (κ1) is 27.1. The minimum absolute atomic E-state index is 0.0650. The molecule has 1 amide bonds. The maximum absolute atomic E-state index is 12.7. The van der Waals surface area contributed by atoms with Gasteiger partial charge in [0, 0.05) is 49.4 Å². The van der Waals surface area contributed by atoms with Gasteiger partial charge in [-0.3, -0.25) is 4.79 Å². The molecule has 1 aromatic carbocycles. The number of benzene rings is 1. The Morgan fingerprint density at radius 1 is 1.19 bits per heavy atom. The third-order valence-electron chi connectivity index (χ3n) is 4.28. The van der Waals surface area contributed by atoms with Crippen LogP contribution in [-0.2, 0) is 14.8 Å². The molecule has 8 nitrogen and oxygen atoms in total. The van der Waals surface area contributed by atoms with E-state index in [1.165, 1.54) is 4.31 Å². The summed E-state index contributed by atoms with van der Waals surface area (Å²) in [5, 5.41) is 10.8. The van der Waals surface area contributed by atoms with Crippen molar-refractivity contribution in [2.24, 2.45) is 0 Å². The first-order valence-electron chi connectivity index (χ1n) is 9.31. The highest BCUT2D eigenvalue weighted by atomic mass is 35.5. The number of hydrogen-bond acceptors (Lipinski definition) is 5. The number of sulfonamides is 1. The number of hydrogen-bond donors (Lipinski definition) is 2. The van der Waals surface area contributed by atoms with Crippen LogP contribution in [0.1, 0.15) is 24.2 Å². The number of rotatable bonds is 6. The van der Waals surface area contributed by atoms with Crippen LogP contribution in [-0.4, -0.2) is 85.3 Å². The van der Waals surface area contributed by atoms with Gasteiger partial charge < -0.3 is 15.3 Å². The predicted octanol–water partition coefficient (Wildman–Crippen LogP) is 2.06. The number of aliphatic carboxylic acids is 1. The van der Waals surface area contributed by atoms with Gasteiger partial charge in [0.05, 0.1) is 5.75 Å². The summed E-state index contributed by atoms with van der Waals surface area (Å²) in [4.78, 5) is 23.1. The second kappa shape index (κ2) is 11.7. The lowest BCUT2D eigenvalue weighted by atomic mass is 10.2. The molecule has 1 aromatic rings. The third kappa shape index (κ3) is 9.01. The Bertz CT molecular complexity index is 842. The van der Waals surface area contributed by atoms with Gasteiger partial charge in [-0.1, -0.05) is 11.6 Å². The molecule has 1 aliphatic heterocycles. The van der Waals surface area contributed by atoms with Crippen LogP contribution >= 0.6 is 11.6 Å². The van der Waals surface area contributed by atoms with Crippen molar-refractivity contribution in [2.75, 3.05) is 38.5 Å². The topological polar surface area (TPSA) is 107 Å². The molecule has 13 heteroatoms. The van der Waals surface area contributed by atoms with Crippen molar-refractivity contribution < 1.29 is 36.3 Å². The minimum atomic E-state index is -5.08. The molecular formula is C18H25ClF3N3O5S. The summed E-state index contributed by atoms with van der Waals surface area (Å²) >= 11 is 5.85. The number of amides is 1. The molecule has 0 spiro atoms. The molecule has 0 aromatic heterocycles. The molecule has 2 rings (SSSR count). The predicted molar refractivity (Wildman–Crippen MR) is 110 cm³/mol. The van der Waals surface area contributed by atoms with Crippen LogP contribution in [0.25, 0.3) is 0 Å². The number of nitrogens with zero attached hydrogens (tertiary/aromatic N) is 2. The largest absolute Gasteiger partial charge is 0.490 e. The van der Waals surface area contributed by atoms with Gasteiger partial charge in [-0.25, -0.2) is 13.2 Å². The van der Waals surface area contributed by atoms with Gasteiger partial charge in [-0.05, 0) is 38.1 Å². The van der Waals surface area contributed by atoms with Gasteiger partial charge in [-0.15, -0.1) is 0 Å². The Hall–Kier alpha value is -1.89. The number of carboxylic acids is 1. The molecule has 0 bridgehead atoms. The van der Waals surface area contributed by atoms with Crippen LogP contribution in [0, 0.1) is 0 Å². The number of nitrogens with one attached hydrogen (secondary N) is 1. The van der Waals surface area contributed by atoms with Crippen molar-refractivity contribution in [3.63, 3.8) is 0 Å². The summed E-state index contributed by atoms with van der Waals surface area (Å²) in [5.74, 6) is -3.01. The zero-order valence-corrected chi connectivity index (χ0v) is 18.6. The Balaban J connectivity index is 0.000000592. The van der Waals surface area contributed by atoms with Gasteiger partial charge in [0.25, 0.3) is 5.91 Å². The molecule has 1 fully saturated rings. The molecule has 31 heavy (non-hydrogen) atoms. The highest BCUT2D eigenvalue weighted by molar-refractivity contribution is 7.89. The van der Waals surface area contributed by atoms with E-state index < -0.39 is 22.2 Å². The molecule has 0 atom stereocenters. The number of halogens is 4.